The second-order valence-electron chi connectivity index (χ2n) is 6.57. The van der Waals surface area contributed by atoms with Crippen LogP contribution in [0.3, 0.4) is 0 Å². The van der Waals surface area contributed by atoms with Gasteiger partial charge in [-0.1, -0.05) is 12.1 Å². The van der Waals surface area contributed by atoms with Gasteiger partial charge in [0.15, 0.2) is 10.6 Å². The Morgan fingerprint density at radius 3 is 2.72 bits per heavy atom. The van der Waals surface area contributed by atoms with Gasteiger partial charge in [-0.15, -0.1) is 0 Å². The van der Waals surface area contributed by atoms with Crippen LogP contribution in [0.25, 0.3) is 11.4 Å². The summed E-state index contributed by atoms with van der Waals surface area (Å²) in [6.07, 6.45) is 0.228. The van der Waals surface area contributed by atoms with Gasteiger partial charge in [-0.05, 0) is 67.5 Å². The molecule has 1 aromatic heterocycles. The standard InChI is InChI=1S/C21H23FN4O2S/c1-3-28-17-8-6-16(7-9-17)20-24-25-21(29)26(20)11-10-19(27)23-13-15-5-4-14(2)18(22)12-15/h4-9,12H,3,10-11,13H2,1-2H3,(H,23,27)(H,25,29). The predicted octanol–water partition coefficient (Wildman–Crippen LogP) is 4.16. The predicted molar refractivity (Wildman–Crippen MR) is 112 cm³/mol. The average Bonchev–Trinajstić information content (AvgIpc) is 3.08. The van der Waals surface area contributed by atoms with Crippen molar-refractivity contribution in [2.75, 3.05) is 6.61 Å². The quantitative estimate of drug-likeness (QED) is 0.543. The lowest BCUT2D eigenvalue weighted by molar-refractivity contribution is -0.121. The summed E-state index contributed by atoms with van der Waals surface area (Å²) < 4.78 is 21.3. The summed E-state index contributed by atoms with van der Waals surface area (Å²) in [4.78, 5) is 12.2. The highest BCUT2D eigenvalue weighted by atomic mass is 32.1. The molecule has 2 aromatic carbocycles. The van der Waals surface area contributed by atoms with Crippen LogP contribution in [0, 0.1) is 17.5 Å². The van der Waals surface area contributed by atoms with Crippen molar-refractivity contribution in [1.82, 2.24) is 20.1 Å². The zero-order valence-electron chi connectivity index (χ0n) is 16.4. The van der Waals surface area contributed by atoms with Gasteiger partial charge in [-0.25, -0.2) is 4.39 Å². The fraction of sp³-hybridized carbons (Fsp3) is 0.286. The first-order valence-electron chi connectivity index (χ1n) is 9.38. The molecule has 1 heterocycles. The summed E-state index contributed by atoms with van der Waals surface area (Å²) in [5.41, 5.74) is 2.17. The maximum absolute atomic E-state index is 13.6. The van der Waals surface area contributed by atoms with Crippen LogP contribution in [0.15, 0.2) is 42.5 Å². The highest BCUT2D eigenvalue weighted by Gasteiger charge is 2.11. The lowest BCUT2D eigenvalue weighted by Crippen LogP contribution is -2.24. The second-order valence-corrected chi connectivity index (χ2v) is 6.96. The van der Waals surface area contributed by atoms with Gasteiger partial charge in [0.25, 0.3) is 0 Å². The molecular formula is C21H23FN4O2S. The first-order valence-corrected chi connectivity index (χ1v) is 9.79. The fourth-order valence-corrected chi connectivity index (χ4v) is 3.08. The number of amides is 1. The van der Waals surface area contributed by atoms with E-state index in [1.165, 1.54) is 6.07 Å². The Kier molecular flexibility index (Phi) is 6.77. The van der Waals surface area contributed by atoms with E-state index in [1.54, 1.807) is 23.6 Å². The van der Waals surface area contributed by atoms with Crippen LogP contribution in [0.2, 0.25) is 0 Å². The van der Waals surface area contributed by atoms with E-state index in [-0.39, 0.29) is 24.7 Å². The monoisotopic (exact) mass is 414 g/mol. The summed E-state index contributed by atoms with van der Waals surface area (Å²) in [6.45, 7) is 4.89. The van der Waals surface area contributed by atoms with Crippen molar-refractivity contribution in [2.45, 2.75) is 33.4 Å². The largest absolute Gasteiger partial charge is 0.494 e. The number of aromatic nitrogens is 3. The van der Waals surface area contributed by atoms with Crippen molar-refractivity contribution >= 4 is 18.1 Å². The van der Waals surface area contributed by atoms with Gasteiger partial charge in [-0.3, -0.25) is 14.5 Å². The third-order valence-corrected chi connectivity index (χ3v) is 4.78. The van der Waals surface area contributed by atoms with E-state index in [2.05, 4.69) is 15.5 Å². The highest BCUT2D eigenvalue weighted by molar-refractivity contribution is 7.71. The minimum Gasteiger partial charge on any atom is -0.494 e. The van der Waals surface area contributed by atoms with Crippen LogP contribution < -0.4 is 10.1 Å². The number of benzene rings is 2. The smallest absolute Gasteiger partial charge is 0.222 e. The molecule has 3 aromatic rings. The SMILES string of the molecule is CCOc1ccc(-c2n[nH]c(=S)n2CCC(=O)NCc2ccc(C)c(F)c2)cc1. The van der Waals surface area contributed by atoms with E-state index in [9.17, 15) is 9.18 Å². The van der Waals surface area contributed by atoms with Crippen molar-refractivity contribution in [3.05, 3.63) is 64.2 Å². The van der Waals surface area contributed by atoms with Crippen molar-refractivity contribution in [1.29, 1.82) is 0 Å². The first kappa shape index (κ1) is 20.7. The summed E-state index contributed by atoms with van der Waals surface area (Å²) in [5, 5.41) is 9.87. The number of halogens is 1. The van der Waals surface area contributed by atoms with Gasteiger partial charge in [-0.2, -0.15) is 5.10 Å². The number of ether oxygens (including phenoxy) is 1. The number of hydrogen-bond acceptors (Lipinski definition) is 4. The van der Waals surface area contributed by atoms with Crippen molar-refractivity contribution in [3.63, 3.8) is 0 Å². The van der Waals surface area contributed by atoms with E-state index in [4.69, 9.17) is 17.0 Å². The van der Waals surface area contributed by atoms with Gasteiger partial charge in [0, 0.05) is 25.1 Å². The Bertz CT molecular complexity index is 1040. The lowest BCUT2D eigenvalue weighted by Gasteiger charge is -2.09. The van der Waals surface area contributed by atoms with Gasteiger partial charge in [0.2, 0.25) is 5.91 Å². The molecule has 0 saturated carbocycles. The summed E-state index contributed by atoms with van der Waals surface area (Å²) in [5.74, 6) is 1.02. The van der Waals surface area contributed by atoms with Crippen molar-refractivity contribution < 1.29 is 13.9 Å². The van der Waals surface area contributed by atoms with Crippen molar-refractivity contribution in [2.24, 2.45) is 0 Å². The van der Waals surface area contributed by atoms with E-state index < -0.39 is 0 Å². The van der Waals surface area contributed by atoms with Crippen LogP contribution >= 0.6 is 12.2 Å². The Morgan fingerprint density at radius 1 is 1.28 bits per heavy atom. The molecule has 0 aliphatic rings. The molecule has 0 bridgehead atoms. The zero-order chi connectivity index (χ0) is 20.8. The van der Waals surface area contributed by atoms with Crippen LogP contribution in [-0.4, -0.2) is 27.3 Å². The summed E-state index contributed by atoms with van der Waals surface area (Å²) in [7, 11) is 0. The molecule has 0 atom stereocenters. The zero-order valence-corrected chi connectivity index (χ0v) is 17.2. The molecule has 3 rings (SSSR count). The number of nitrogens with one attached hydrogen (secondary N) is 2. The van der Waals surface area contributed by atoms with E-state index in [0.29, 0.717) is 29.3 Å². The molecule has 0 unspecified atom stereocenters. The van der Waals surface area contributed by atoms with Gasteiger partial charge >= 0.3 is 0 Å². The number of aryl methyl sites for hydroxylation is 1. The minimum absolute atomic E-state index is 0.147. The maximum atomic E-state index is 13.6. The Morgan fingerprint density at radius 2 is 2.03 bits per heavy atom. The number of carbonyl (C=O) groups excluding carboxylic acids is 1. The average molecular weight is 415 g/mol. The van der Waals surface area contributed by atoms with E-state index in [0.717, 1.165) is 16.9 Å². The highest BCUT2D eigenvalue weighted by Crippen LogP contribution is 2.21. The molecule has 152 valence electrons. The topological polar surface area (TPSA) is 71.9 Å². The van der Waals surface area contributed by atoms with Crippen LogP contribution in [0.4, 0.5) is 4.39 Å². The number of aromatic amines is 1. The molecule has 0 aliphatic carbocycles. The third-order valence-electron chi connectivity index (χ3n) is 4.47. The summed E-state index contributed by atoms with van der Waals surface area (Å²) in [6, 6.07) is 12.5. The minimum atomic E-state index is -0.276. The van der Waals surface area contributed by atoms with Crippen LogP contribution in [-0.2, 0) is 17.9 Å². The molecular weight excluding hydrogens is 391 g/mol. The molecule has 0 fully saturated rings. The number of carbonyl (C=O) groups is 1. The molecule has 0 spiro atoms. The van der Waals surface area contributed by atoms with Gasteiger partial charge in [0.1, 0.15) is 11.6 Å². The number of hydrogen-bond donors (Lipinski definition) is 2. The van der Waals surface area contributed by atoms with E-state index in [1.807, 2.05) is 31.2 Å². The molecule has 0 saturated heterocycles. The van der Waals surface area contributed by atoms with Gasteiger partial charge in [0.05, 0.1) is 6.61 Å². The molecule has 8 heteroatoms. The second kappa shape index (κ2) is 9.47. The summed E-state index contributed by atoms with van der Waals surface area (Å²) >= 11 is 5.31. The Labute approximate surface area is 173 Å². The Hall–Kier alpha value is -3.00. The number of nitrogens with zero attached hydrogens (tertiary/aromatic N) is 2. The van der Waals surface area contributed by atoms with Crippen LogP contribution in [0.5, 0.6) is 5.75 Å². The molecule has 2 N–H and O–H groups in total. The molecule has 6 nitrogen and oxygen atoms in total. The lowest BCUT2D eigenvalue weighted by atomic mass is 10.1. The molecule has 1 amide bonds. The third kappa shape index (κ3) is 5.29. The molecule has 29 heavy (non-hydrogen) atoms. The number of rotatable bonds is 8. The van der Waals surface area contributed by atoms with Gasteiger partial charge < -0.3 is 10.1 Å². The van der Waals surface area contributed by atoms with E-state index >= 15 is 0 Å². The van der Waals surface area contributed by atoms with Crippen molar-refractivity contribution in [3.8, 4) is 17.1 Å². The first-order chi connectivity index (χ1) is 14.0. The number of H-pyrrole nitrogens is 1. The van der Waals surface area contributed by atoms with Crippen LogP contribution in [0.1, 0.15) is 24.5 Å². The Balaban J connectivity index is 1.61. The normalized spacial score (nSPS) is 10.7. The molecule has 0 aliphatic heterocycles. The fourth-order valence-electron chi connectivity index (χ4n) is 2.86. The molecule has 0 radical (unpaired) electrons. The maximum Gasteiger partial charge on any atom is 0.222 e.